The Morgan fingerprint density at radius 2 is 1.10 bits per heavy atom. The van der Waals surface area contributed by atoms with E-state index in [-0.39, 0.29) is 6.17 Å². The van der Waals surface area contributed by atoms with Crippen LogP contribution in [0.15, 0.2) is 150 Å². The van der Waals surface area contributed by atoms with E-state index in [1.165, 1.54) is 11.1 Å². The van der Waals surface area contributed by atoms with E-state index in [4.69, 9.17) is 5.22 Å². The molecule has 0 fully saturated rings. The molecule has 1 aliphatic rings. The van der Waals surface area contributed by atoms with Crippen LogP contribution in [-0.4, -0.2) is 17.1 Å². The second kappa shape index (κ2) is 10.9. The Hall–Kier alpha value is -4.22. The Labute approximate surface area is 238 Å². The van der Waals surface area contributed by atoms with E-state index >= 15 is 0 Å². The van der Waals surface area contributed by atoms with E-state index in [1.54, 1.807) is 0 Å². The van der Waals surface area contributed by atoms with Crippen molar-refractivity contribution < 1.29 is 0 Å². The van der Waals surface area contributed by atoms with E-state index in [9.17, 15) is 0 Å². The summed E-state index contributed by atoms with van der Waals surface area (Å²) in [6, 6.07) is 49.3. The van der Waals surface area contributed by atoms with Crippen LogP contribution in [0.2, 0.25) is 0 Å². The Kier molecular flexibility index (Phi) is 6.99. The maximum absolute atomic E-state index is 4.92. The summed E-state index contributed by atoms with van der Waals surface area (Å²) in [4.78, 5) is 0. The molecule has 0 aromatic heterocycles. The second-order valence-electron chi connectivity index (χ2n) is 9.70. The molecule has 5 aromatic rings. The van der Waals surface area contributed by atoms with Crippen LogP contribution in [0, 0.1) is 0 Å². The van der Waals surface area contributed by atoms with Crippen molar-refractivity contribution in [1.29, 1.82) is 0 Å². The zero-order valence-corrected chi connectivity index (χ0v) is 23.3. The zero-order valence-electron chi connectivity index (χ0n) is 21.7. The maximum atomic E-state index is 4.92. The first kappa shape index (κ1) is 25.1. The maximum Gasteiger partial charge on any atom is 0.165 e. The van der Waals surface area contributed by atoms with Gasteiger partial charge >= 0.3 is 0 Å². The number of benzene rings is 5. The fraction of sp³-hybridized carbons (Fsp3) is 0.118. The molecule has 0 saturated heterocycles. The zero-order chi connectivity index (χ0) is 26.7. The molecule has 6 rings (SSSR count). The Balaban J connectivity index is 1.61. The molecule has 0 saturated carbocycles. The third kappa shape index (κ3) is 4.43. The number of nitrogens with zero attached hydrogens (tertiary/aromatic N) is 4. The summed E-state index contributed by atoms with van der Waals surface area (Å²) in [6.45, 7) is 0. The molecule has 1 unspecified atom stereocenters. The molecule has 0 radical (unpaired) electrons. The minimum Gasteiger partial charge on any atom is -0.252 e. The fourth-order valence-electron chi connectivity index (χ4n) is 5.64. The average molecular weight is 574 g/mol. The minimum absolute atomic E-state index is 0.252. The van der Waals surface area contributed by atoms with Crippen LogP contribution < -0.4 is 0 Å². The van der Waals surface area contributed by atoms with Crippen LogP contribution in [0.1, 0.15) is 34.0 Å². The fourth-order valence-corrected chi connectivity index (χ4v) is 6.01. The first-order valence-electron chi connectivity index (χ1n) is 13.1. The Morgan fingerprint density at radius 1 is 0.615 bits per heavy atom. The molecule has 192 valence electrons. The van der Waals surface area contributed by atoms with Gasteiger partial charge in [0.1, 0.15) is 5.54 Å². The number of rotatable bonds is 7. The normalized spacial score (nSPS) is 15.1. The molecule has 0 aliphatic carbocycles. The minimum atomic E-state index is -0.727. The van der Waals surface area contributed by atoms with Gasteiger partial charge in [0.15, 0.2) is 6.17 Å². The summed E-state index contributed by atoms with van der Waals surface area (Å²) in [7, 11) is 2.00. The smallest absolute Gasteiger partial charge is 0.165 e. The van der Waals surface area contributed by atoms with Crippen molar-refractivity contribution in [2.24, 2.45) is 10.4 Å². The third-order valence-corrected chi connectivity index (χ3v) is 8.09. The molecule has 0 spiro atoms. The van der Waals surface area contributed by atoms with Gasteiger partial charge in [-0.1, -0.05) is 161 Å². The lowest BCUT2D eigenvalue weighted by Crippen LogP contribution is -2.47. The van der Waals surface area contributed by atoms with E-state index in [0.29, 0.717) is 0 Å². The molecule has 1 heterocycles. The summed E-state index contributed by atoms with van der Waals surface area (Å²) >= 11 is 3.57. The highest BCUT2D eigenvalue weighted by Crippen LogP contribution is 2.50. The summed E-state index contributed by atoms with van der Waals surface area (Å²) in [5, 5.41) is 14.6. The molecule has 5 aromatic carbocycles. The highest BCUT2D eigenvalue weighted by atomic mass is 79.9. The quantitative estimate of drug-likeness (QED) is 0.144. The number of halogens is 1. The van der Waals surface area contributed by atoms with Gasteiger partial charge in [-0.15, -0.1) is 0 Å². The second-order valence-corrected chi connectivity index (χ2v) is 10.3. The Morgan fingerprint density at radius 3 is 1.62 bits per heavy atom. The van der Waals surface area contributed by atoms with Crippen molar-refractivity contribution in [1.82, 2.24) is 10.0 Å². The predicted molar refractivity (Wildman–Crippen MR) is 161 cm³/mol. The first-order chi connectivity index (χ1) is 19.2. The molecule has 0 bridgehead atoms. The largest absolute Gasteiger partial charge is 0.252 e. The SMILES string of the molecule is CN1N=NN(C(c2ccccc2)(c2ccccc2)c2ccccc2)C1c1ccccc1-c1ccc(CBr)cc1. The molecular formula is C34H29BrN4. The molecule has 0 amide bonds. The van der Waals surface area contributed by atoms with Crippen molar-refractivity contribution in [2.45, 2.75) is 17.0 Å². The van der Waals surface area contributed by atoms with Crippen LogP contribution in [0.25, 0.3) is 11.1 Å². The first-order valence-corrected chi connectivity index (χ1v) is 14.2. The van der Waals surface area contributed by atoms with Gasteiger partial charge < -0.3 is 0 Å². The van der Waals surface area contributed by atoms with Gasteiger partial charge in [-0.3, -0.25) is 5.01 Å². The van der Waals surface area contributed by atoms with Crippen LogP contribution in [-0.2, 0) is 10.9 Å². The van der Waals surface area contributed by atoms with Gasteiger partial charge in [0.05, 0.1) is 0 Å². The topological polar surface area (TPSA) is 31.2 Å². The van der Waals surface area contributed by atoms with Crippen LogP contribution >= 0.6 is 15.9 Å². The number of alkyl halides is 1. The van der Waals surface area contributed by atoms with Gasteiger partial charge in [0, 0.05) is 17.9 Å². The molecule has 1 aliphatic heterocycles. The van der Waals surface area contributed by atoms with E-state index in [1.807, 2.05) is 12.1 Å². The average Bonchev–Trinajstić information content (AvgIpc) is 3.40. The van der Waals surface area contributed by atoms with Gasteiger partial charge in [-0.05, 0) is 38.6 Å². The standard InChI is InChI=1S/C34H29BrN4/c1-38-33(32-20-12-11-19-31(32)27-23-21-26(25-35)22-24-27)39(37-36-38)34(28-13-5-2-6-14-28,29-15-7-3-8-16-29)30-17-9-4-10-18-30/h2-24,33H,25H2,1H3. The third-order valence-electron chi connectivity index (χ3n) is 7.44. The van der Waals surface area contributed by atoms with E-state index in [2.05, 4.69) is 166 Å². The summed E-state index contributed by atoms with van der Waals surface area (Å²) in [5.74, 6) is 0. The van der Waals surface area contributed by atoms with Crippen molar-refractivity contribution >= 4 is 15.9 Å². The molecule has 1 atom stereocenters. The van der Waals surface area contributed by atoms with Crippen molar-refractivity contribution in [3.8, 4) is 11.1 Å². The van der Waals surface area contributed by atoms with Crippen LogP contribution in [0.5, 0.6) is 0 Å². The Bertz CT molecular complexity index is 1460. The molecule has 0 N–H and O–H groups in total. The summed E-state index contributed by atoms with van der Waals surface area (Å²) < 4.78 is 0. The van der Waals surface area contributed by atoms with Crippen molar-refractivity contribution in [2.75, 3.05) is 7.05 Å². The van der Waals surface area contributed by atoms with E-state index < -0.39 is 5.54 Å². The summed E-state index contributed by atoms with van der Waals surface area (Å²) in [6.07, 6.45) is -0.252. The highest BCUT2D eigenvalue weighted by molar-refractivity contribution is 9.08. The van der Waals surface area contributed by atoms with Crippen LogP contribution in [0.4, 0.5) is 0 Å². The number of hydrogen-bond donors (Lipinski definition) is 0. The highest BCUT2D eigenvalue weighted by Gasteiger charge is 2.49. The predicted octanol–water partition coefficient (Wildman–Crippen LogP) is 8.77. The van der Waals surface area contributed by atoms with Gasteiger partial charge in [0.2, 0.25) is 0 Å². The molecule has 5 heteroatoms. The van der Waals surface area contributed by atoms with Gasteiger partial charge in [-0.25, -0.2) is 5.01 Å². The molecular weight excluding hydrogens is 544 g/mol. The summed E-state index contributed by atoms with van der Waals surface area (Å²) in [5.41, 5.74) is 7.37. The van der Waals surface area contributed by atoms with E-state index in [0.717, 1.165) is 33.1 Å². The lowest BCUT2D eigenvalue weighted by Gasteiger charge is -2.45. The van der Waals surface area contributed by atoms with Crippen molar-refractivity contribution in [3.63, 3.8) is 0 Å². The lowest BCUT2D eigenvalue weighted by atomic mass is 9.75. The van der Waals surface area contributed by atoms with Crippen LogP contribution in [0.3, 0.4) is 0 Å². The lowest BCUT2D eigenvalue weighted by molar-refractivity contribution is 0.0593. The number of hydrogen-bond acceptors (Lipinski definition) is 4. The van der Waals surface area contributed by atoms with Crippen molar-refractivity contribution in [3.05, 3.63) is 167 Å². The van der Waals surface area contributed by atoms with Gasteiger partial charge in [0.25, 0.3) is 0 Å². The van der Waals surface area contributed by atoms with Gasteiger partial charge in [-0.2, -0.15) is 0 Å². The monoisotopic (exact) mass is 572 g/mol. The molecule has 39 heavy (non-hydrogen) atoms. The molecule has 4 nitrogen and oxygen atoms in total.